The number of carbonyl (C=O) groups excluding carboxylic acids is 3. The average Bonchev–Trinajstić information content (AvgIpc) is 4.13. The van der Waals surface area contributed by atoms with E-state index >= 15 is 0 Å². The van der Waals surface area contributed by atoms with Crippen molar-refractivity contribution in [1.29, 1.82) is 0 Å². The van der Waals surface area contributed by atoms with Crippen molar-refractivity contribution in [2.75, 3.05) is 39.4 Å². The number of aromatic nitrogens is 8. The predicted octanol–water partition coefficient (Wildman–Crippen LogP) is 12.6. The van der Waals surface area contributed by atoms with Gasteiger partial charge in [-0.15, -0.1) is 0 Å². The molecule has 0 amide bonds. The van der Waals surface area contributed by atoms with Gasteiger partial charge >= 0.3 is 11.9 Å². The summed E-state index contributed by atoms with van der Waals surface area (Å²) >= 11 is 0. The number of esters is 2. The normalized spacial score (nSPS) is 13.7. The lowest BCUT2D eigenvalue weighted by atomic mass is 9.96. The van der Waals surface area contributed by atoms with Gasteiger partial charge in [0.05, 0.1) is 47.8 Å². The molecule has 0 saturated carbocycles. The number of hydrogen-bond acceptors (Lipinski definition) is 13. The van der Waals surface area contributed by atoms with Gasteiger partial charge in [-0.1, -0.05) is 130 Å². The van der Waals surface area contributed by atoms with E-state index in [-0.39, 0.29) is 31.2 Å². The minimum absolute atomic E-state index is 0. The van der Waals surface area contributed by atoms with Crippen LogP contribution in [0.2, 0.25) is 0 Å². The van der Waals surface area contributed by atoms with Crippen LogP contribution in [0.3, 0.4) is 0 Å². The first-order valence-corrected chi connectivity index (χ1v) is 27.5. The first-order chi connectivity index (χ1) is 38.7. The molecule has 0 unspecified atom stereocenters. The quantitative estimate of drug-likeness (QED) is 0.0959. The maximum atomic E-state index is 12.1. The van der Waals surface area contributed by atoms with E-state index in [0.29, 0.717) is 18.8 Å². The number of likely N-dealkylation sites (tertiary alicyclic amines) is 1. The molecule has 80 heavy (non-hydrogen) atoms. The monoisotopic (exact) mass is 1070 g/mol. The number of nitrogens with one attached hydrogen (secondary N) is 1. The molecular weight excluding hydrogens is 1000 g/mol. The smallest absolute Gasteiger partial charge is 0.309 e. The zero-order chi connectivity index (χ0) is 55.3. The zero-order valence-electron chi connectivity index (χ0n) is 45.9. The van der Waals surface area contributed by atoms with Gasteiger partial charge in [0.1, 0.15) is 6.29 Å². The van der Waals surface area contributed by atoms with Crippen LogP contribution in [0, 0.1) is 25.7 Å². The fraction of sp³-hybridized carbons (Fsp3) is 0.308. The Labute approximate surface area is 468 Å². The van der Waals surface area contributed by atoms with E-state index in [1.807, 2.05) is 119 Å². The highest BCUT2D eigenvalue weighted by Gasteiger charge is 2.26. The lowest BCUT2D eigenvalue weighted by molar-refractivity contribution is -0.150. The Morgan fingerprint density at radius 3 is 1.46 bits per heavy atom. The molecule has 0 atom stereocenters. The van der Waals surface area contributed by atoms with E-state index < -0.39 is 0 Å². The first-order valence-electron chi connectivity index (χ1n) is 27.5. The van der Waals surface area contributed by atoms with Crippen molar-refractivity contribution < 1.29 is 23.9 Å². The molecule has 412 valence electrons. The second-order valence-corrected chi connectivity index (χ2v) is 19.5. The lowest BCUT2D eigenvalue weighted by Gasteiger charge is -2.30. The summed E-state index contributed by atoms with van der Waals surface area (Å²) in [4.78, 5) is 55.9. The molecule has 0 bridgehead atoms. The van der Waals surface area contributed by atoms with Crippen LogP contribution in [0.4, 0.5) is 0 Å². The van der Waals surface area contributed by atoms with E-state index in [2.05, 4.69) is 103 Å². The van der Waals surface area contributed by atoms with Gasteiger partial charge in [0, 0.05) is 69.7 Å². The summed E-state index contributed by atoms with van der Waals surface area (Å²) in [5, 5.41) is 14.3. The van der Waals surface area contributed by atoms with E-state index in [9.17, 15) is 14.4 Å². The van der Waals surface area contributed by atoms with Crippen molar-refractivity contribution in [2.24, 2.45) is 11.8 Å². The van der Waals surface area contributed by atoms with Gasteiger partial charge in [0.25, 0.3) is 0 Å². The van der Waals surface area contributed by atoms with Crippen LogP contribution in [0.25, 0.3) is 78.1 Å². The number of ether oxygens (including phenoxy) is 2. The Kier molecular flexibility index (Phi) is 19.7. The highest BCUT2D eigenvalue weighted by Crippen LogP contribution is 2.36. The number of fused-ring (bicyclic) bond motifs is 6. The molecule has 12 rings (SSSR count). The standard InChI is InChI=1S/C31H31N5O2.C23H16N4O.C8H15NO2.C2H6.CH4/c1-3-38-31(37)25-13-15-35(16-14-25)20-22-9-11-24(12-10-22)29-27(23-7-5-4-6-8-23)18-26-19-32-28-17-21(2)34-36(28)30(26)33-29;1-15-11-21-24-13-19-12-20(17-5-3-2-4-6-17)22(25-23(19)27(21)26-15)18-9-7-16(14-28)8-10-18;1-2-11-8(10)7-3-5-9-6-4-7;1-2;/h4-12,17-19,25H,3,13-16,20H2,1-2H3;2-14H,1H3;7,9H,2-6H2,1H3;1-2H3;1H4. The van der Waals surface area contributed by atoms with Crippen LogP contribution in [0.15, 0.2) is 146 Å². The highest BCUT2D eigenvalue weighted by molar-refractivity contribution is 5.92. The maximum Gasteiger partial charge on any atom is 0.309 e. The molecular formula is C65H72N10O5. The molecule has 0 spiro atoms. The van der Waals surface area contributed by atoms with Gasteiger partial charge in [-0.2, -0.15) is 19.2 Å². The Hall–Kier alpha value is -8.53. The SMILES string of the molecule is C.CC.CCOC(=O)C1CCN(Cc2ccc(-c3nc4c(cnc5cc(C)nn54)cc3-c3ccccc3)cc2)CC1.CCOC(=O)C1CCNCC1.Cc1cc2ncc3cc(-c4ccccc4)c(-c4ccc(C=O)cc4)nc3n2n1. The third kappa shape index (κ3) is 13.5. The number of nitrogens with zero attached hydrogens (tertiary/aromatic N) is 9. The minimum atomic E-state index is -0.0491. The molecule has 15 nitrogen and oxygen atoms in total. The number of carbonyl (C=O) groups is 3. The number of pyridine rings is 2. The molecule has 0 aliphatic carbocycles. The average molecular weight is 1070 g/mol. The summed E-state index contributed by atoms with van der Waals surface area (Å²) in [6.45, 7) is 17.2. The fourth-order valence-corrected chi connectivity index (χ4v) is 10.1. The Morgan fingerprint density at radius 1 is 0.588 bits per heavy atom. The van der Waals surface area contributed by atoms with Crippen LogP contribution in [-0.2, 0) is 25.6 Å². The van der Waals surface area contributed by atoms with E-state index in [1.165, 1.54) is 5.56 Å². The molecule has 2 aliphatic rings. The Bertz CT molecular complexity index is 3660. The fourth-order valence-electron chi connectivity index (χ4n) is 10.1. The number of rotatable bonds is 11. The van der Waals surface area contributed by atoms with Gasteiger partial charge in [-0.3, -0.25) is 19.3 Å². The van der Waals surface area contributed by atoms with Crippen LogP contribution < -0.4 is 5.32 Å². The van der Waals surface area contributed by atoms with Crippen molar-refractivity contribution in [3.05, 3.63) is 168 Å². The predicted molar refractivity (Wildman–Crippen MR) is 318 cm³/mol. The summed E-state index contributed by atoms with van der Waals surface area (Å²) in [5.41, 5.74) is 14.8. The van der Waals surface area contributed by atoms with Crippen LogP contribution >= 0.6 is 0 Å². The maximum absolute atomic E-state index is 12.1. The molecule has 1 N–H and O–H groups in total. The van der Waals surface area contributed by atoms with E-state index in [1.54, 1.807) is 4.52 Å². The largest absolute Gasteiger partial charge is 0.466 e. The number of aryl methyl sites for hydroxylation is 2. The first kappa shape index (κ1) is 57.6. The van der Waals surface area contributed by atoms with Crippen molar-refractivity contribution in [3.63, 3.8) is 0 Å². The Balaban J connectivity index is 0.000000175. The van der Waals surface area contributed by atoms with Crippen molar-refractivity contribution in [1.82, 2.24) is 49.4 Å². The molecule has 10 aromatic rings. The van der Waals surface area contributed by atoms with Crippen molar-refractivity contribution in [2.45, 2.75) is 81.2 Å². The van der Waals surface area contributed by atoms with Gasteiger partial charge in [-0.25, -0.2) is 19.9 Å². The molecule has 4 aromatic carbocycles. The lowest BCUT2D eigenvalue weighted by Crippen LogP contribution is -2.36. The highest BCUT2D eigenvalue weighted by atomic mass is 16.5. The van der Waals surface area contributed by atoms with Gasteiger partial charge in [0.2, 0.25) is 0 Å². The van der Waals surface area contributed by atoms with E-state index in [0.717, 1.165) is 154 Å². The summed E-state index contributed by atoms with van der Waals surface area (Å²) in [5.74, 6) is 0.112. The summed E-state index contributed by atoms with van der Waals surface area (Å²) < 4.78 is 13.7. The van der Waals surface area contributed by atoms with E-state index in [4.69, 9.17) is 19.4 Å². The minimum Gasteiger partial charge on any atom is -0.466 e. The zero-order valence-corrected chi connectivity index (χ0v) is 45.9. The molecule has 2 saturated heterocycles. The molecule has 2 aliphatic heterocycles. The van der Waals surface area contributed by atoms with Crippen LogP contribution in [-0.4, -0.2) is 102 Å². The van der Waals surface area contributed by atoms with Crippen LogP contribution in [0.5, 0.6) is 0 Å². The van der Waals surface area contributed by atoms with Crippen molar-refractivity contribution in [3.8, 4) is 44.8 Å². The molecule has 0 radical (unpaired) electrons. The van der Waals surface area contributed by atoms with Crippen molar-refractivity contribution >= 4 is 51.6 Å². The second kappa shape index (κ2) is 27.4. The number of hydrogen-bond donors (Lipinski definition) is 1. The Morgan fingerprint density at radius 2 is 1.02 bits per heavy atom. The summed E-state index contributed by atoms with van der Waals surface area (Å²) in [7, 11) is 0. The third-order valence-electron chi connectivity index (χ3n) is 14.1. The third-order valence-corrected chi connectivity index (χ3v) is 14.1. The second-order valence-electron chi connectivity index (χ2n) is 19.5. The number of benzene rings is 4. The molecule has 6 aromatic heterocycles. The summed E-state index contributed by atoms with van der Waals surface area (Å²) in [6, 6.07) is 44.8. The molecule has 15 heteroatoms. The van der Waals surface area contributed by atoms with Crippen LogP contribution in [0.1, 0.15) is 88.1 Å². The molecule has 8 heterocycles. The van der Waals surface area contributed by atoms with Gasteiger partial charge < -0.3 is 14.8 Å². The number of aldehydes is 1. The number of piperidine rings is 2. The molecule has 2 fully saturated rings. The topological polar surface area (TPSA) is 171 Å². The summed E-state index contributed by atoms with van der Waals surface area (Å²) in [6.07, 6.45) is 8.13. The van der Waals surface area contributed by atoms with Gasteiger partial charge in [0.15, 0.2) is 22.6 Å². The van der Waals surface area contributed by atoms with Gasteiger partial charge in [-0.05, 0) is 108 Å².